The van der Waals surface area contributed by atoms with E-state index in [1.54, 1.807) is 0 Å². The molecule has 30 heavy (non-hydrogen) atoms. The maximum absolute atomic E-state index is 13.2. The number of likely N-dealkylation sites (N-methyl/N-ethyl adjacent to an activating group) is 1. The highest BCUT2D eigenvalue weighted by molar-refractivity contribution is 7.91. The Bertz CT molecular complexity index is 813. The molecule has 1 heterocycles. The summed E-state index contributed by atoms with van der Waals surface area (Å²) in [5.41, 5.74) is 2.34. The molecule has 1 aromatic carbocycles. The molecule has 1 unspecified atom stereocenters. The lowest BCUT2D eigenvalue weighted by Gasteiger charge is -2.39. The quantitative estimate of drug-likeness (QED) is 0.627. The molecule has 1 amide bonds. The molecule has 1 aliphatic carbocycles. The van der Waals surface area contributed by atoms with Gasteiger partial charge in [0.2, 0.25) is 5.91 Å². The first kappa shape index (κ1) is 23.1. The molecule has 1 aromatic rings. The molecular weight excluding hydrogens is 400 g/mol. The first-order valence-corrected chi connectivity index (χ1v) is 13.0. The first-order valence-electron chi connectivity index (χ1n) is 11.1. The molecule has 1 saturated carbocycles. The lowest BCUT2D eigenvalue weighted by molar-refractivity contribution is -0.137. The van der Waals surface area contributed by atoms with Crippen LogP contribution in [0.15, 0.2) is 18.2 Å². The van der Waals surface area contributed by atoms with Crippen LogP contribution in [0.3, 0.4) is 0 Å². The van der Waals surface area contributed by atoms with Crippen LogP contribution >= 0.6 is 0 Å². The predicted molar refractivity (Wildman–Crippen MR) is 120 cm³/mol. The first-order chi connectivity index (χ1) is 14.2. The Morgan fingerprint density at radius 3 is 2.30 bits per heavy atom. The molecule has 0 aromatic heterocycles. The summed E-state index contributed by atoms with van der Waals surface area (Å²) in [6, 6.07) is 6.17. The van der Waals surface area contributed by atoms with Crippen molar-refractivity contribution in [3.05, 3.63) is 29.3 Å². The lowest BCUT2D eigenvalue weighted by atomic mass is 9.93. The number of nitrogens with zero attached hydrogens (tertiary/aromatic N) is 2. The minimum atomic E-state index is -3.02. The Hall–Kier alpha value is -1.60. The van der Waals surface area contributed by atoms with E-state index in [2.05, 4.69) is 6.07 Å². The minimum absolute atomic E-state index is 0.0536. The highest BCUT2D eigenvalue weighted by Crippen LogP contribution is 2.28. The van der Waals surface area contributed by atoms with Crippen molar-refractivity contribution in [2.24, 2.45) is 0 Å². The summed E-state index contributed by atoms with van der Waals surface area (Å²) in [5, 5.41) is 0. The van der Waals surface area contributed by atoms with E-state index in [4.69, 9.17) is 4.74 Å². The van der Waals surface area contributed by atoms with Gasteiger partial charge in [-0.05, 0) is 63.4 Å². The molecule has 0 spiro atoms. The summed E-state index contributed by atoms with van der Waals surface area (Å²) in [7, 11) is -1.10. The molecule has 1 atom stereocenters. The lowest BCUT2D eigenvalue weighted by Crippen LogP contribution is -2.51. The smallest absolute Gasteiger partial charge is 0.237 e. The Morgan fingerprint density at radius 2 is 1.70 bits per heavy atom. The van der Waals surface area contributed by atoms with Crippen LogP contribution in [0.1, 0.15) is 49.7 Å². The molecule has 0 radical (unpaired) electrons. The Balaban J connectivity index is 1.56. The van der Waals surface area contributed by atoms with Crippen molar-refractivity contribution in [2.75, 3.05) is 38.2 Å². The van der Waals surface area contributed by atoms with E-state index < -0.39 is 9.84 Å². The van der Waals surface area contributed by atoms with Crippen LogP contribution in [0.25, 0.3) is 0 Å². The molecule has 2 aliphatic rings. The Morgan fingerprint density at radius 1 is 1.03 bits per heavy atom. The zero-order chi connectivity index (χ0) is 21.7. The summed E-state index contributed by atoms with van der Waals surface area (Å²) in [6.45, 7) is 5.54. The standard InChI is InChI=1S/C23H36N2O4S/c1-18-13-19(2)15-22(14-18)29-11-10-24(3)16-23(26)25(20-7-5-4-6-8-20)21-9-12-30(27,28)17-21/h13-15,20-21H,4-12,16-17H2,1-3H3. The number of hydrogen-bond acceptors (Lipinski definition) is 5. The van der Waals surface area contributed by atoms with Gasteiger partial charge >= 0.3 is 0 Å². The number of carbonyl (C=O) groups is 1. The van der Waals surface area contributed by atoms with E-state index in [1.165, 1.54) is 17.5 Å². The molecule has 2 fully saturated rings. The van der Waals surface area contributed by atoms with Crippen molar-refractivity contribution in [1.82, 2.24) is 9.80 Å². The van der Waals surface area contributed by atoms with Gasteiger partial charge in [0.05, 0.1) is 18.1 Å². The van der Waals surface area contributed by atoms with Crippen molar-refractivity contribution in [3.63, 3.8) is 0 Å². The maximum Gasteiger partial charge on any atom is 0.237 e. The molecule has 6 nitrogen and oxygen atoms in total. The summed E-state index contributed by atoms with van der Waals surface area (Å²) in [6.07, 6.45) is 5.99. The second-order valence-electron chi connectivity index (χ2n) is 9.06. The van der Waals surface area contributed by atoms with Crippen molar-refractivity contribution in [3.8, 4) is 5.75 Å². The number of rotatable bonds is 8. The Kier molecular flexibility index (Phi) is 7.80. The van der Waals surface area contributed by atoms with Crippen LogP contribution in [0.5, 0.6) is 5.75 Å². The number of benzene rings is 1. The average molecular weight is 437 g/mol. The van der Waals surface area contributed by atoms with Gasteiger partial charge in [0, 0.05) is 18.6 Å². The fourth-order valence-corrected chi connectivity index (χ4v) is 6.50. The molecule has 3 rings (SSSR count). The third-order valence-electron chi connectivity index (χ3n) is 6.20. The highest BCUT2D eigenvalue weighted by atomic mass is 32.2. The fraction of sp³-hybridized carbons (Fsp3) is 0.696. The van der Waals surface area contributed by atoms with Gasteiger partial charge < -0.3 is 9.64 Å². The van der Waals surface area contributed by atoms with Gasteiger partial charge in [0.25, 0.3) is 0 Å². The zero-order valence-corrected chi connectivity index (χ0v) is 19.4. The van der Waals surface area contributed by atoms with Crippen LogP contribution in [0.4, 0.5) is 0 Å². The van der Waals surface area contributed by atoms with E-state index in [9.17, 15) is 13.2 Å². The summed E-state index contributed by atoms with van der Waals surface area (Å²) < 4.78 is 29.9. The number of aryl methyl sites for hydroxylation is 2. The number of ether oxygens (including phenoxy) is 1. The molecule has 7 heteroatoms. The van der Waals surface area contributed by atoms with Crippen molar-refractivity contribution < 1.29 is 17.9 Å². The third-order valence-corrected chi connectivity index (χ3v) is 7.95. The number of carbonyl (C=O) groups excluding carboxylic acids is 1. The van der Waals surface area contributed by atoms with Gasteiger partial charge in [-0.3, -0.25) is 9.69 Å². The van der Waals surface area contributed by atoms with Gasteiger partial charge in [0.1, 0.15) is 12.4 Å². The SMILES string of the molecule is Cc1cc(C)cc(OCCN(C)CC(=O)N(C2CCCCC2)C2CCS(=O)(=O)C2)c1. The van der Waals surface area contributed by atoms with Gasteiger partial charge in [0.15, 0.2) is 9.84 Å². The molecule has 0 N–H and O–H groups in total. The molecule has 168 valence electrons. The van der Waals surface area contributed by atoms with Crippen LogP contribution in [-0.2, 0) is 14.6 Å². The summed E-state index contributed by atoms with van der Waals surface area (Å²) in [5.74, 6) is 1.23. The Labute approximate surface area is 181 Å². The van der Waals surface area contributed by atoms with Crippen LogP contribution in [0.2, 0.25) is 0 Å². The summed E-state index contributed by atoms with van der Waals surface area (Å²) >= 11 is 0. The monoisotopic (exact) mass is 436 g/mol. The molecule has 1 saturated heterocycles. The fourth-order valence-electron chi connectivity index (χ4n) is 4.79. The second-order valence-corrected chi connectivity index (χ2v) is 11.3. The second kappa shape index (κ2) is 10.1. The minimum Gasteiger partial charge on any atom is -0.492 e. The normalized spacial score (nSPS) is 21.7. The van der Waals surface area contributed by atoms with E-state index in [0.29, 0.717) is 26.1 Å². The summed E-state index contributed by atoms with van der Waals surface area (Å²) in [4.78, 5) is 17.1. The van der Waals surface area contributed by atoms with Crippen molar-refractivity contribution in [2.45, 2.75) is 64.5 Å². The van der Waals surface area contributed by atoms with E-state index >= 15 is 0 Å². The van der Waals surface area contributed by atoms with Crippen LogP contribution in [-0.4, -0.2) is 74.5 Å². The van der Waals surface area contributed by atoms with Gasteiger partial charge in [-0.15, -0.1) is 0 Å². The van der Waals surface area contributed by atoms with Crippen LogP contribution < -0.4 is 4.74 Å². The van der Waals surface area contributed by atoms with Gasteiger partial charge in [-0.25, -0.2) is 8.42 Å². The maximum atomic E-state index is 13.2. The van der Waals surface area contributed by atoms with Crippen molar-refractivity contribution >= 4 is 15.7 Å². The van der Waals surface area contributed by atoms with Crippen LogP contribution in [0, 0.1) is 13.8 Å². The number of sulfone groups is 1. The zero-order valence-electron chi connectivity index (χ0n) is 18.6. The van der Waals surface area contributed by atoms with Gasteiger partial charge in [-0.2, -0.15) is 0 Å². The van der Waals surface area contributed by atoms with E-state index in [0.717, 1.165) is 31.4 Å². The van der Waals surface area contributed by atoms with E-state index in [-0.39, 0.29) is 29.5 Å². The number of amides is 1. The van der Waals surface area contributed by atoms with Crippen molar-refractivity contribution in [1.29, 1.82) is 0 Å². The molecule has 0 bridgehead atoms. The molecular formula is C23H36N2O4S. The largest absolute Gasteiger partial charge is 0.492 e. The highest BCUT2D eigenvalue weighted by Gasteiger charge is 2.38. The average Bonchev–Trinajstić information content (AvgIpc) is 3.01. The number of hydrogen-bond donors (Lipinski definition) is 0. The van der Waals surface area contributed by atoms with Gasteiger partial charge in [-0.1, -0.05) is 25.3 Å². The third kappa shape index (κ3) is 6.45. The molecule has 1 aliphatic heterocycles. The predicted octanol–water partition coefficient (Wildman–Crippen LogP) is 2.96. The van der Waals surface area contributed by atoms with E-state index in [1.807, 2.05) is 42.8 Å². The topological polar surface area (TPSA) is 66.9 Å².